The fraction of sp³-hybridized carbons (Fsp3) is 0.480. The molecule has 1 aliphatic heterocycles. The zero-order chi connectivity index (χ0) is 21.3. The van der Waals surface area contributed by atoms with Gasteiger partial charge in [0.1, 0.15) is 0 Å². The molecule has 5 nitrogen and oxygen atoms in total. The highest BCUT2D eigenvalue weighted by molar-refractivity contribution is 5.95. The van der Waals surface area contributed by atoms with E-state index in [9.17, 15) is 4.79 Å². The maximum absolute atomic E-state index is 12.8. The highest BCUT2D eigenvalue weighted by atomic mass is 16.5. The quantitative estimate of drug-likeness (QED) is 0.653. The Balaban J connectivity index is 1.58. The Bertz CT molecular complexity index is 818. The number of nitrogens with zero attached hydrogens (tertiary/aromatic N) is 1. The van der Waals surface area contributed by atoms with Gasteiger partial charge in [0.2, 0.25) is 5.91 Å². The van der Waals surface area contributed by atoms with E-state index in [-0.39, 0.29) is 11.9 Å². The third-order valence-corrected chi connectivity index (χ3v) is 5.97. The zero-order valence-electron chi connectivity index (χ0n) is 18.5. The molecule has 0 aromatic heterocycles. The predicted molar refractivity (Wildman–Crippen MR) is 123 cm³/mol. The van der Waals surface area contributed by atoms with E-state index in [2.05, 4.69) is 59.7 Å². The van der Waals surface area contributed by atoms with Gasteiger partial charge >= 0.3 is 0 Å². The Morgan fingerprint density at radius 3 is 2.43 bits per heavy atom. The van der Waals surface area contributed by atoms with Crippen molar-refractivity contribution < 1.29 is 9.53 Å². The first-order chi connectivity index (χ1) is 14.6. The van der Waals surface area contributed by atoms with E-state index in [1.54, 1.807) is 0 Å². The highest BCUT2D eigenvalue weighted by Crippen LogP contribution is 2.26. The molecule has 1 fully saturated rings. The van der Waals surface area contributed by atoms with E-state index in [1.165, 1.54) is 16.7 Å². The second-order valence-corrected chi connectivity index (χ2v) is 8.15. The van der Waals surface area contributed by atoms with Crippen LogP contribution in [-0.4, -0.2) is 43.2 Å². The molecule has 1 amide bonds. The molecule has 0 unspecified atom stereocenters. The monoisotopic (exact) mass is 409 g/mol. The number of benzene rings is 2. The number of nitrogens with one attached hydrogen (secondary N) is 2. The lowest BCUT2D eigenvalue weighted by Gasteiger charge is -2.27. The van der Waals surface area contributed by atoms with Gasteiger partial charge in [0.05, 0.1) is 19.3 Å². The minimum absolute atomic E-state index is 0.00332. The Hall–Kier alpha value is -2.21. The van der Waals surface area contributed by atoms with E-state index in [0.717, 1.165) is 45.0 Å². The number of hydrogen-bond acceptors (Lipinski definition) is 4. The van der Waals surface area contributed by atoms with Crippen molar-refractivity contribution in [2.75, 3.05) is 31.6 Å². The Labute approximate surface area is 180 Å². The third-order valence-electron chi connectivity index (χ3n) is 5.97. The number of anilines is 1. The van der Waals surface area contributed by atoms with Gasteiger partial charge in [-0.25, -0.2) is 0 Å². The Kier molecular flexibility index (Phi) is 8.43. The van der Waals surface area contributed by atoms with E-state index in [0.29, 0.717) is 12.5 Å². The van der Waals surface area contributed by atoms with Crippen molar-refractivity contribution in [2.24, 2.45) is 0 Å². The van der Waals surface area contributed by atoms with Crippen molar-refractivity contribution in [3.05, 3.63) is 65.2 Å². The summed E-state index contributed by atoms with van der Waals surface area (Å²) in [4.78, 5) is 15.2. The highest BCUT2D eigenvalue weighted by Gasteiger charge is 2.17. The lowest BCUT2D eigenvalue weighted by atomic mass is 9.97. The molecular formula is C25H35N3O2. The fourth-order valence-electron chi connectivity index (χ4n) is 3.74. The molecule has 2 aromatic carbocycles. The largest absolute Gasteiger partial charge is 0.379 e. The van der Waals surface area contributed by atoms with Gasteiger partial charge in [-0.05, 0) is 42.0 Å². The average molecular weight is 410 g/mol. The summed E-state index contributed by atoms with van der Waals surface area (Å²) in [7, 11) is 0. The van der Waals surface area contributed by atoms with Crippen LogP contribution in [0.3, 0.4) is 0 Å². The first-order valence-electron chi connectivity index (χ1n) is 11.1. The van der Waals surface area contributed by atoms with Crippen molar-refractivity contribution in [1.82, 2.24) is 10.2 Å². The van der Waals surface area contributed by atoms with Crippen LogP contribution < -0.4 is 10.6 Å². The Morgan fingerprint density at radius 2 is 1.70 bits per heavy atom. The summed E-state index contributed by atoms with van der Waals surface area (Å²) in [6, 6.07) is 16.3. The summed E-state index contributed by atoms with van der Waals surface area (Å²) in [6.07, 6.45) is 1.04. The molecule has 5 heteroatoms. The summed E-state index contributed by atoms with van der Waals surface area (Å²) in [5, 5.41) is 6.52. The lowest BCUT2D eigenvalue weighted by molar-refractivity contribution is -0.117. The molecule has 2 N–H and O–H groups in total. The van der Waals surface area contributed by atoms with Gasteiger partial charge in [0.25, 0.3) is 0 Å². The number of rotatable bonds is 9. The summed E-state index contributed by atoms with van der Waals surface area (Å²) in [6.45, 7) is 11.4. The smallest absolute Gasteiger partial charge is 0.241 e. The van der Waals surface area contributed by atoms with E-state index < -0.39 is 0 Å². The molecule has 0 bridgehead atoms. The maximum Gasteiger partial charge on any atom is 0.241 e. The van der Waals surface area contributed by atoms with Crippen LogP contribution in [0.25, 0.3) is 0 Å². The maximum atomic E-state index is 12.8. The van der Waals surface area contributed by atoms with Crippen LogP contribution in [0.2, 0.25) is 0 Å². The van der Waals surface area contributed by atoms with E-state index >= 15 is 0 Å². The van der Waals surface area contributed by atoms with Crippen LogP contribution in [0.5, 0.6) is 0 Å². The molecule has 2 atom stereocenters. The van der Waals surface area contributed by atoms with Crippen molar-refractivity contribution >= 4 is 11.6 Å². The standard InChI is InChI=1S/C25H35N3O2/c1-4-19(2)23-11-7-8-12-24(23)27-25(29)20(3)26-17-21-9-5-6-10-22(21)18-28-13-15-30-16-14-28/h5-12,19-20,26H,4,13-18H2,1-3H3,(H,27,29)/t19-,20-/m1/s1. The van der Waals surface area contributed by atoms with Crippen molar-refractivity contribution in [2.45, 2.75) is 52.2 Å². The molecule has 1 aliphatic rings. The van der Waals surface area contributed by atoms with Crippen LogP contribution in [0.15, 0.2) is 48.5 Å². The molecule has 162 valence electrons. The van der Waals surface area contributed by atoms with Gasteiger partial charge in [-0.2, -0.15) is 0 Å². The molecule has 0 saturated carbocycles. The molecule has 1 saturated heterocycles. The lowest BCUT2D eigenvalue weighted by Crippen LogP contribution is -2.38. The first-order valence-corrected chi connectivity index (χ1v) is 11.1. The molecular weight excluding hydrogens is 374 g/mol. The second-order valence-electron chi connectivity index (χ2n) is 8.15. The number of carbonyl (C=O) groups is 1. The molecule has 0 aliphatic carbocycles. The molecule has 1 heterocycles. The van der Waals surface area contributed by atoms with Crippen LogP contribution in [0.4, 0.5) is 5.69 Å². The Morgan fingerprint density at radius 1 is 1.03 bits per heavy atom. The number of para-hydroxylation sites is 1. The van der Waals surface area contributed by atoms with Crippen LogP contribution >= 0.6 is 0 Å². The number of hydrogen-bond donors (Lipinski definition) is 2. The molecule has 3 rings (SSSR count). The molecule has 0 spiro atoms. The van der Waals surface area contributed by atoms with Gasteiger partial charge < -0.3 is 15.4 Å². The average Bonchev–Trinajstić information content (AvgIpc) is 2.78. The van der Waals surface area contributed by atoms with Crippen molar-refractivity contribution in [3.63, 3.8) is 0 Å². The molecule has 2 aromatic rings. The minimum atomic E-state index is -0.286. The first kappa shape index (κ1) is 22.5. The van der Waals surface area contributed by atoms with Gasteiger partial charge in [-0.15, -0.1) is 0 Å². The number of morpholine rings is 1. The normalized spacial score (nSPS) is 16.8. The van der Waals surface area contributed by atoms with Gasteiger partial charge in [0, 0.05) is 31.9 Å². The summed E-state index contributed by atoms with van der Waals surface area (Å²) in [5.41, 5.74) is 4.65. The van der Waals surface area contributed by atoms with Crippen LogP contribution in [0, 0.1) is 0 Å². The number of ether oxygens (including phenoxy) is 1. The number of amides is 1. The predicted octanol–water partition coefficient (Wildman–Crippen LogP) is 4.15. The van der Waals surface area contributed by atoms with Crippen molar-refractivity contribution in [3.8, 4) is 0 Å². The summed E-state index contributed by atoms with van der Waals surface area (Å²) in [5.74, 6) is 0.410. The van der Waals surface area contributed by atoms with E-state index in [4.69, 9.17) is 4.74 Å². The third kappa shape index (κ3) is 6.14. The van der Waals surface area contributed by atoms with Gasteiger partial charge in [0.15, 0.2) is 0 Å². The summed E-state index contributed by atoms with van der Waals surface area (Å²) < 4.78 is 5.45. The molecule has 30 heavy (non-hydrogen) atoms. The minimum Gasteiger partial charge on any atom is -0.379 e. The fourth-order valence-corrected chi connectivity index (χ4v) is 3.74. The zero-order valence-corrected chi connectivity index (χ0v) is 18.5. The van der Waals surface area contributed by atoms with Crippen LogP contribution in [-0.2, 0) is 22.6 Å². The SMILES string of the molecule is CC[C@@H](C)c1ccccc1NC(=O)[C@@H](C)NCc1ccccc1CN1CCOCC1. The summed E-state index contributed by atoms with van der Waals surface area (Å²) >= 11 is 0. The van der Waals surface area contributed by atoms with Gasteiger partial charge in [-0.1, -0.05) is 56.3 Å². The van der Waals surface area contributed by atoms with Crippen molar-refractivity contribution in [1.29, 1.82) is 0 Å². The van der Waals surface area contributed by atoms with E-state index in [1.807, 2.05) is 25.1 Å². The van der Waals surface area contributed by atoms with Gasteiger partial charge in [-0.3, -0.25) is 9.69 Å². The topological polar surface area (TPSA) is 53.6 Å². The second kappa shape index (κ2) is 11.3. The molecule has 0 radical (unpaired) electrons. The number of carbonyl (C=O) groups excluding carboxylic acids is 1. The van der Waals surface area contributed by atoms with Crippen LogP contribution in [0.1, 0.15) is 49.8 Å².